The van der Waals surface area contributed by atoms with Crippen LogP contribution in [0.2, 0.25) is 0 Å². The molecule has 0 aliphatic carbocycles. The lowest BCUT2D eigenvalue weighted by Gasteiger charge is -2.38. The summed E-state index contributed by atoms with van der Waals surface area (Å²) in [7, 11) is 1.80. The Morgan fingerprint density at radius 1 is 0.906 bits per heavy atom. The first-order valence-electron chi connectivity index (χ1n) is 10.8. The fourth-order valence-electron chi connectivity index (χ4n) is 3.67. The number of carbonyl (C=O) groups is 3. The van der Waals surface area contributed by atoms with Gasteiger partial charge in [0, 0.05) is 46.3 Å². The summed E-state index contributed by atoms with van der Waals surface area (Å²) in [6.07, 6.45) is 0. The molecule has 0 bridgehead atoms. The molecule has 2 aromatic rings. The lowest BCUT2D eigenvalue weighted by atomic mass is 10.2. The van der Waals surface area contributed by atoms with Gasteiger partial charge in [-0.2, -0.15) is 0 Å². The molecular formula is C24H31N5O3. The van der Waals surface area contributed by atoms with E-state index in [-0.39, 0.29) is 11.9 Å². The van der Waals surface area contributed by atoms with Gasteiger partial charge in [0.25, 0.3) is 0 Å². The van der Waals surface area contributed by atoms with Crippen LogP contribution < -0.4 is 10.6 Å². The van der Waals surface area contributed by atoms with E-state index in [4.69, 9.17) is 0 Å². The lowest BCUT2D eigenvalue weighted by molar-refractivity contribution is -0.125. The van der Waals surface area contributed by atoms with Gasteiger partial charge in [-0.3, -0.25) is 15.0 Å². The van der Waals surface area contributed by atoms with Crippen LogP contribution in [-0.4, -0.2) is 71.9 Å². The average Bonchev–Trinajstić information content (AvgIpc) is 2.83. The topological polar surface area (TPSA) is 85.0 Å². The lowest BCUT2D eigenvalue weighted by Crippen LogP contribution is -2.57. The molecule has 170 valence electrons. The van der Waals surface area contributed by atoms with E-state index in [9.17, 15) is 14.4 Å². The van der Waals surface area contributed by atoms with Gasteiger partial charge in [-0.1, -0.05) is 60.7 Å². The minimum atomic E-state index is -0.512. The highest BCUT2D eigenvalue weighted by atomic mass is 16.2. The van der Waals surface area contributed by atoms with Crippen LogP contribution in [0.4, 0.5) is 9.59 Å². The minimum Gasteiger partial charge on any atom is -0.334 e. The van der Waals surface area contributed by atoms with E-state index in [1.54, 1.807) is 23.8 Å². The van der Waals surface area contributed by atoms with E-state index in [0.29, 0.717) is 39.3 Å². The number of imide groups is 1. The van der Waals surface area contributed by atoms with Crippen LogP contribution in [0.1, 0.15) is 18.1 Å². The first-order valence-corrected chi connectivity index (χ1v) is 10.8. The summed E-state index contributed by atoms with van der Waals surface area (Å²) in [5.74, 6) is -0.350. The molecule has 2 aromatic carbocycles. The molecule has 1 saturated heterocycles. The summed E-state index contributed by atoms with van der Waals surface area (Å²) >= 11 is 0. The van der Waals surface area contributed by atoms with Gasteiger partial charge >= 0.3 is 12.1 Å². The van der Waals surface area contributed by atoms with E-state index in [1.807, 2.05) is 65.6 Å². The van der Waals surface area contributed by atoms with Crippen molar-refractivity contribution in [3.05, 3.63) is 71.8 Å². The van der Waals surface area contributed by atoms with Gasteiger partial charge in [0.2, 0.25) is 5.91 Å². The Kier molecular flexibility index (Phi) is 8.21. The van der Waals surface area contributed by atoms with Crippen LogP contribution in [-0.2, 0) is 17.9 Å². The minimum absolute atomic E-state index is 0.0223. The molecule has 1 atom stereocenters. The first kappa shape index (κ1) is 23.3. The number of hydrogen-bond donors (Lipinski definition) is 2. The van der Waals surface area contributed by atoms with Crippen LogP contribution in [0.15, 0.2) is 60.7 Å². The number of piperazine rings is 1. The molecule has 0 spiro atoms. The van der Waals surface area contributed by atoms with E-state index >= 15 is 0 Å². The Bertz CT molecular complexity index is 898. The summed E-state index contributed by atoms with van der Waals surface area (Å²) in [5.41, 5.74) is 2.04. The molecule has 0 saturated carbocycles. The van der Waals surface area contributed by atoms with Crippen molar-refractivity contribution >= 4 is 18.0 Å². The molecular weight excluding hydrogens is 406 g/mol. The SMILES string of the molecule is C[C@H](C(=O)NC(=O)NCc1ccccc1)N1CCN(C(=O)N(C)Cc2ccccc2)CC1. The van der Waals surface area contributed by atoms with Gasteiger partial charge < -0.3 is 15.1 Å². The van der Waals surface area contributed by atoms with Gasteiger partial charge in [-0.25, -0.2) is 9.59 Å². The van der Waals surface area contributed by atoms with E-state index in [1.165, 1.54) is 0 Å². The van der Waals surface area contributed by atoms with Crippen molar-refractivity contribution in [2.45, 2.75) is 26.1 Å². The van der Waals surface area contributed by atoms with Crippen molar-refractivity contribution in [2.75, 3.05) is 33.2 Å². The normalized spacial score (nSPS) is 15.0. The van der Waals surface area contributed by atoms with Crippen molar-refractivity contribution in [2.24, 2.45) is 0 Å². The Morgan fingerprint density at radius 3 is 2.06 bits per heavy atom. The highest BCUT2D eigenvalue weighted by molar-refractivity contribution is 5.96. The molecule has 32 heavy (non-hydrogen) atoms. The third kappa shape index (κ3) is 6.55. The number of rotatable bonds is 6. The van der Waals surface area contributed by atoms with Crippen molar-refractivity contribution in [1.82, 2.24) is 25.3 Å². The predicted molar refractivity (Wildman–Crippen MR) is 123 cm³/mol. The van der Waals surface area contributed by atoms with Gasteiger partial charge in [-0.05, 0) is 18.1 Å². The molecule has 5 amide bonds. The van der Waals surface area contributed by atoms with Crippen molar-refractivity contribution in [1.29, 1.82) is 0 Å². The Balaban J connectivity index is 1.41. The van der Waals surface area contributed by atoms with Crippen LogP contribution in [0.25, 0.3) is 0 Å². The van der Waals surface area contributed by atoms with Crippen molar-refractivity contribution in [3.63, 3.8) is 0 Å². The summed E-state index contributed by atoms with van der Waals surface area (Å²) < 4.78 is 0. The van der Waals surface area contributed by atoms with Crippen molar-refractivity contribution < 1.29 is 14.4 Å². The van der Waals surface area contributed by atoms with Crippen molar-refractivity contribution in [3.8, 4) is 0 Å². The number of nitrogens with zero attached hydrogens (tertiary/aromatic N) is 3. The number of amides is 5. The van der Waals surface area contributed by atoms with Gasteiger partial charge in [0.05, 0.1) is 6.04 Å². The summed E-state index contributed by atoms with van der Waals surface area (Å²) in [5, 5.41) is 5.10. The fraction of sp³-hybridized carbons (Fsp3) is 0.375. The Labute approximate surface area is 189 Å². The molecule has 3 rings (SSSR count). The Morgan fingerprint density at radius 2 is 1.47 bits per heavy atom. The highest BCUT2D eigenvalue weighted by Crippen LogP contribution is 2.11. The van der Waals surface area contributed by atoms with Crippen LogP contribution in [0.3, 0.4) is 0 Å². The molecule has 1 aliphatic heterocycles. The zero-order valence-electron chi connectivity index (χ0n) is 18.7. The largest absolute Gasteiger partial charge is 0.334 e. The summed E-state index contributed by atoms with van der Waals surface area (Å²) in [4.78, 5) is 42.8. The van der Waals surface area contributed by atoms with Crippen LogP contribution in [0, 0.1) is 0 Å². The maximum atomic E-state index is 12.7. The maximum absolute atomic E-state index is 12.7. The molecule has 2 N–H and O–H groups in total. The quantitative estimate of drug-likeness (QED) is 0.726. The second-order valence-corrected chi connectivity index (χ2v) is 7.98. The van der Waals surface area contributed by atoms with E-state index < -0.39 is 12.1 Å². The second kappa shape index (κ2) is 11.3. The van der Waals surface area contributed by atoms with Gasteiger partial charge in [-0.15, -0.1) is 0 Å². The van der Waals surface area contributed by atoms with Gasteiger partial charge in [0.1, 0.15) is 0 Å². The highest BCUT2D eigenvalue weighted by Gasteiger charge is 2.29. The molecule has 8 nitrogen and oxygen atoms in total. The van der Waals surface area contributed by atoms with E-state index in [2.05, 4.69) is 10.6 Å². The second-order valence-electron chi connectivity index (χ2n) is 7.98. The zero-order chi connectivity index (χ0) is 22.9. The average molecular weight is 438 g/mol. The molecule has 1 heterocycles. The Hall–Kier alpha value is -3.39. The molecule has 1 fully saturated rings. The molecule has 0 aromatic heterocycles. The summed E-state index contributed by atoms with van der Waals surface area (Å²) in [6.45, 7) is 4.91. The summed E-state index contributed by atoms with van der Waals surface area (Å²) in [6, 6.07) is 18.4. The standard InChI is InChI=1S/C24H31N5O3/c1-19(22(30)26-23(31)25-17-20-9-5-3-6-10-20)28-13-15-29(16-14-28)24(32)27(2)18-21-11-7-4-8-12-21/h3-12,19H,13-18H2,1-2H3,(H2,25,26,30,31)/t19-/m1/s1. The third-order valence-corrected chi connectivity index (χ3v) is 5.63. The zero-order valence-corrected chi connectivity index (χ0v) is 18.7. The van der Waals surface area contributed by atoms with E-state index in [0.717, 1.165) is 11.1 Å². The monoisotopic (exact) mass is 437 g/mol. The number of benzene rings is 2. The maximum Gasteiger partial charge on any atom is 0.321 e. The number of nitrogens with one attached hydrogen (secondary N) is 2. The number of carbonyl (C=O) groups excluding carboxylic acids is 3. The van der Waals surface area contributed by atoms with Crippen LogP contribution >= 0.6 is 0 Å². The van der Waals surface area contributed by atoms with Crippen LogP contribution in [0.5, 0.6) is 0 Å². The first-order chi connectivity index (χ1) is 15.4. The fourth-order valence-corrected chi connectivity index (χ4v) is 3.67. The van der Waals surface area contributed by atoms with Gasteiger partial charge in [0.15, 0.2) is 0 Å². The predicted octanol–water partition coefficient (Wildman–Crippen LogP) is 2.27. The molecule has 0 radical (unpaired) electrons. The number of hydrogen-bond acceptors (Lipinski definition) is 4. The molecule has 8 heteroatoms. The molecule has 0 unspecified atom stereocenters. The molecule has 1 aliphatic rings. The smallest absolute Gasteiger partial charge is 0.321 e. The third-order valence-electron chi connectivity index (χ3n) is 5.63. The number of urea groups is 2.